The van der Waals surface area contributed by atoms with Crippen LogP contribution < -0.4 is 0 Å². The molecule has 1 atom stereocenters. The van der Waals surface area contributed by atoms with Gasteiger partial charge in [-0.1, -0.05) is 15.9 Å². The Kier molecular flexibility index (Phi) is 4.43. The lowest BCUT2D eigenvalue weighted by atomic mass is 10.1. The van der Waals surface area contributed by atoms with Crippen LogP contribution >= 0.6 is 15.9 Å². The summed E-state index contributed by atoms with van der Waals surface area (Å²) in [6.45, 7) is 5.96. The minimum absolute atomic E-state index is 0.0451. The molecule has 0 fully saturated rings. The molecule has 0 aliphatic heterocycles. The van der Waals surface area contributed by atoms with Crippen molar-refractivity contribution >= 4 is 21.6 Å². The Morgan fingerprint density at radius 2 is 2.14 bits per heavy atom. The van der Waals surface area contributed by atoms with Gasteiger partial charge in [-0.25, -0.2) is 0 Å². The smallest absolute Gasteiger partial charge is 0.270 e. The van der Waals surface area contributed by atoms with Gasteiger partial charge in [0.2, 0.25) is 0 Å². The summed E-state index contributed by atoms with van der Waals surface area (Å²) >= 11 is 3.36. The third-order valence-electron chi connectivity index (χ3n) is 3.42. The second-order valence-electron chi connectivity index (χ2n) is 4.95. The molecule has 1 aromatic carbocycles. The molecular weight excluding hydrogens is 338 g/mol. The van der Waals surface area contributed by atoms with Crippen LogP contribution in [0.4, 0.5) is 5.69 Å². The SMILES string of the molecule is Cc1nn(Cc2ccc([N+](=O)[O-])cc2Br)c(C)c1C(C)O. The number of aromatic nitrogens is 2. The van der Waals surface area contributed by atoms with E-state index in [4.69, 9.17) is 0 Å². The number of aliphatic hydroxyl groups is 1. The van der Waals surface area contributed by atoms with Gasteiger partial charge in [-0.15, -0.1) is 0 Å². The molecule has 1 aromatic heterocycles. The molecule has 21 heavy (non-hydrogen) atoms. The Balaban J connectivity index is 2.35. The zero-order valence-electron chi connectivity index (χ0n) is 12.0. The first kappa shape index (κ1) is 15.7. The van der Waals surface area contributed by atoms with Crippen LogP contribution in [0.3, 0.4) is 0 Å². The van der Waals surface area contributed by atoms with Gasteiger partial charge in [0.15, 0.2) is 0 Å². The maximum atomic E-state index is 10.7. The van der Waals surface area contributed by atoms with Crippen molar-refractivity contribution in [3.8, 4) is 0 Å². The zero-order chi connectivity index (χ0) is 15.7. The molecule has 0 aliphatic carbocycles. The molecule has 0 spiro atoms. The van der Waals surface area contributed by atoms with Crippen molar-refractivity contribution in [1.82, 2.24) is 9.78 Å². The van der Waals surface area contributed by atoms with Crippen molar-refractivity contribution < 1.29 is 10.0 Å². The Labute approximate surface area is 130 Å². The van der Waals surface area contributed by atoms with E-state index in [1.807, 2.05) is 13.8 Å². The van der Waals surface area contributed by atoms with Crippen LogP contribution in [0.15, 0.2) is 22.7 Å². The van der Waals surface area contributed by atoms with Crippen LogP contribution in [0.1, 0.15) is 35.5 Å². The van der Waals surface area contributed by atoms with Crippen LogP contribution in [0.25, 0.3) is 0 Å². The van der Waals surface area contributed by atoms with Crippen LogP contribution in [0.2, 0.25) is 0 Å². The number of halogens is 1. The fraction of sp³-hybridized carbons (Fsp3) is 0.357. The Bertz CT molecular complexity index is 695. The molecule has 6 nitrogen and oxygen atoms in total. The highest BCUT2D eigenvalue weighted by atomic mass is 79.9. The Morgan fingerprint density at radius 1 is 1.48 bits per heavy atom. The van der Waals surface area contributed by atoms with E-state index in [0.717, 1.165) is 22.5 Å². The molecular formula is C14H16BrN3O3. The van der Waals surface area contributed by atoms with E-state index in [9.17, 15) is 15.2 Å². The summed E-state index contributed by atoms with van der Waals surface area (Å²) < 4.78 is 2.46. The first-order valence-corrected chi connectivity index (χ1v) is 7.25. The average Bonchev–Trinajstić information content (AvgIpc) is 2.66. The highest BCUT2D eigenvalue weighted by Crippen LogP contribution is 2.26. The minimum Gasteiger partial charge on any atom is -0.389 e. The van der Waals surface area contributed by atoms with E-state index in [1.165, 1.54) is 12.1 Å². The van der Waals surface area contributed by atoms with Gasteiger partial charge in [0, 0.05) is 27.9 Å². The number of hydrogen-bond donors (Lipinski definition) is 1. The highest BCUT2D eigenvalue weighted by molar-refractivity contribution is 9.10. The second kappa shape index (κ2) is 5.95. The predicted molar refractivity (Wildman–Crippen MR) is 82.2 cm³/mol. The van der Waals surface area contributed by atoms with Gasteiger partial charge in [0.25, 0.3) is 5.69 Å². The fourth-order valence-corrected chi connectivity index (χ4v) is 2.90. The summed E-state index contributed by atoms with van der Waals surface area (Å²) in [6.07, 6.45) is -0.570. The summed E-state index contributed by atoms with van der Waals surface area (Å²) in [6, 6.07) is 4.67. The topological polar surface area (TPSA) is 81.2 Å². The van der Waals surface area contributed by atoms with Gasteiger partial charge < -0.3 is 5.11 Å². The molecule has 1 N–H and O–H groups in total. The molecule has 0 saturated carbocycles. The lowest BCUT2D eigenvalue weighted by molar-refractivity contribution is -0.384. The number of nitrogens with zero attached hydrogens (tertiary/aromatic N) is 3. The van der Waals surface area contributed by atoms with Gasteiger partial charge in [-0.05, 0) is 32.4 Å². The normalized spacial score (nSPS) is 12.4. The molecule has 0 amide bonds. The van der Waals surface area contributed by atoms with Crippen molar-refractivity contribution in [2.75, 3.05) is 0 Å². The maximum Gasteiger partial charge on any atom is 0.270 e. The van der Waals surface area contributed by atoms with Crippen LogP contribution in [-0.4, -0.2) is 19.8 Å². The first-order chi connectivity index (χ1) is 9.81. The Morgan fingerprint density at radius 3 is 2.62 bits per heavy atom. The van der Waals surface area contributed by atoms with Crippen molar-refractivity contribution in [2.45, 2.75) is 33.4 Å². The van der Waals surface area contributed by atoms with E-state index >= 15 is 0 Å². The molecule has 0 saturated heterocycles. The maximum absolute atomic E-state index is 10.7. The third-order valence-corrected chi connectivity index (χ3v) is 4.16. The lowest BCUT2D eigenvalue weighted by Crippen LogP contribution is -2.05. The number of non-ortho nitro benzene ring substituents is 1. The molecule has 7 heteroatoms. The quantitative estimate of drug-likeness (QED) is 0.675. The van der Waals surface area contributed by atoms with Crippen molar-refractivity contribution in [1.29, 1.82) is 0 Å². The van der Waals surface area contributed by atoms with Gasteiger partial charge in [-0.3, -0.25) is 14.8 Å². The van der Waals surface area contributed by atoms with Crippen LogP contribution in [0.5, 0.6) is 0 Å². The summed E-state index contributed by atoms with van der Waals surface area (Å²) in [7, 11) is 0. The first-order valence-electron chi connectivity index (χ1n) is 6.46. The molecule has 2 aromatic rings. The van der Waals surface area contributed by atoms with E-state index in [2.05, 4.69) is 21.0 Å². The number of rotatable bonds is 4. The standard InChI is InChI=1S/C14H16BrN3O3/c1-8-14(10(3)19)9(2)17(16-8)7-11-4-5-12(18(20)21)6-13(11)15/h4-6,10,19H,7H2,1-3H3. The van der Waals surface area contributed by atoms with E-state index in [1.54, 1.807) is 17.7 Å². The number of hydrogen-bond acceptors (Lipinski definition) is 4. The number of benzene rings is 1. The highest BCUT2D eigenvalue weighted by Gasteiger charge is 2.17. The molecule has 0 radical (unpaired) electrons. The number of nitro benzene ring substituents is 1. The van der Waals surface area contributed by atoms with Gasteiger partial charge in [-0.2, -0.15) is 5.10 Å². The number of aliphatic hydroxyl groups excluding tert-OH is 1. The zero-order valence-corrected chi connectivity index (χ0v) is 13.6. The average molecular weight is 354 g/mol. The molecule has 0 aliphatic rings. The predicted octanol–water partition coefficient (Wildman–Crippen LogP) is 3.27. The summed E-state index contributed by atoms with van der Waals surface area (Å²) in [5, 5.41) is 24.9. The third kappa shape index (κ3) is 3.14. The van der Waals surface area contributed by atoms with Gasteiger partial charge in [0.1, 0.15) is 0 Å². The molecule has 2 rings (SSSR count). The van der Waals surface area contributed by atoms with Crippen molar-refractivity contribution in [2.24, 2.45) is 0 Å². The van der Waals surface area contributed by atoms with E-state index in [0.29, 0.717) is 11.0 Å². The number of aryl methyl sites for hydroxylation is 1. The number of nitro groups is 1. The Hall–Kier alpha value is -1.73. The summed E-state index contributed by atoms with van der Waals surface area (Å²) in [5.74, 6) is 0. The molecule has 1 heterocycles. The van der Waals surface area contributed by atoms with Crippen molar-refractivity contribution in [3.05, 3.63) is 55.3 Å². The second-order valence-corrected chi connectivity index (χ2v) is 5.81. The monoisotopic (exact) mass is 353 g/mol. The van der Waals surface area contributed by atoms with E-state index < -0.39 is 11.0 Å². The summed E-state index contributed by atoms with van der Waals surface area (Å²) in [5.41, 5.74) is 3.45. The minimum atomic E-state index is -0.570. The molecule has 112 valence electrons. The van der Waals surface area contributed by atoms with Gasteiger partial charge in [0.05, 0.1) is 23.3 Å². The molecule has 1 unspecified atom stereocenters. The van der Waals surface area contributed by atoms with Gasteiger partial charge >= 0.3 is 0 Å². The fourth-order valence-electron chi connectivity index (χ4n) is 2.41. The van der Waals surface area contributed by atoms with Crippen LogP contribution in [0, 0.1) is 24.0 Å². The lowest BCUT2D eigenvalue weighted by Gasteiger charge is -2.08. The van der Waals surface area contributed by atoms with Crippen molar-refractivity contribution in [3.63, 3.8) is 0 Å². The largest absolute Gasteiger partial charge is 0.389 e. The van der Waals surface area contributed by atoms with Crippen LogP contribution in [-0.2, 0) is 6.54 Å². The summed E-state index contributed by atoms with van der Waals surface area (Å²) in [4.78, 5) is 10.3. The molecule has 0 bridgehead atoms. The van der Waals surface area contributed by atoms with E-state index in [-0.39, 0.29) is 5.69 Å².